The number of rotatable bonds is 3. The lowest BCUT2D eigenvalue weighted by Crippen LogP contribution is -2.05. The molecule has 3 rings (SSSR count). The van der Waals surface area contributed by atoms with Crippen molar-refractivity contribution in [2.24, 2.45) is 0 Å². The molecule has 0 aliphatic heterocycles. The van der Waals surface area contributed by atoms with Crippen molar-refractivity contribution in [1.29, 1.82) is 0 Å². The van der Waals surface area contributed by atoms with Crippen molar-refractivity contribution in [3.05, 3.63) is 59.7 Å². The maximum Gasteiger partial charge on any atom is 0.243 e. The quantitative estimate of drug-likeness (QED) is 0.776. The summed E-state index contributed by atoms with van der Waals surface area (Å²) in [5, 5.41) is 11.4. The van der Waals surface area contributed by atoms with Gasteiger partial charge in [0.2, 0.25) is 5.95 Å². The zero-order valence-corrected chi connectivity index (χ0v) is 10.7. The lowest BCUT2D eigenvalue weighted by Gasteiger charge is -2.07. The van der Waals surface area contributed by atoms with Crippen LogP contribution >= 0.6 is 0 Å². The van der Waals surface area contributed by atoms with E-state index in [2.05, 4.69) is 39.6 Å². The van der Waals surface area contributed by atoms with Gasteiger partial charge in [0.1, 0.15) is 5.52 Å². The number of nitrogens with one attached hydrogen (secondary N) is 1. The van der Waals surface area contributed by atoms with E-state index in [9.17, 15) is 0 Å². The van der Waals surface area contributed by atoms with Gasteiger partial charge in [0, 0.05) is 6.54 Å². The molecule has 0 unspecified atom stereocenters. The van der Waals surface area contributed by atoms with Crippen LogP contribution in [0.25, 0.3) is 11.0 Å². The molecule has 4 heteroatoms. The van der Waals surface area contributed by atoms with Crippen molar-refractivity contribution in [3.8, 4) is 0 Å². The van der Waals surface area contributed by atoms with Gasteiger partial charge in [0.25, 0.3) is 0 Å². The van der Waals surface area contributed by atoms with Crippen molar-refractivity contribution in [2.45, 2.75) is 13.5 Å². The minimum Gasteiger partial charge on any atom is -0.349 e. The Kier molecular flexibility index (Phi) is 3.06. The number of benzene rings is 2. The summed E-state index contributed by atoms with van der Waals surface area (Å²) in [7, 11) is 0. The van der Waals surface area contributed by atoms with Gasteiger partial charge >= 0.3 is 0 Å². The molecule has 0 saturated carbocycles. The molecular formula is C15H14N4. The van der Waals surface area contributed by atoms with Gasteiger partial charge in [-0.2, -0.15) is 0 Å². The predicted molar refractivity (Wildman–Crippen MR) is 75.8 cm³/mol. The molecule has 4 nitrogen and oxygen atoms in total. The number of anilines is 1. The van der Waals surface area contributed by atoms with Crippen LogP contribution in [0.5, 0.6) is 0 Å². The van der Waals surface area contributed by atoms with Crippen molar-refractivity contribution in [1.82, 2.24) is 15.2 Å². The van der Waals surface area contributed by atoms with Crippen LogP contribution in [0.3, 0.4) is 0 Å². The van der Waals surface area contributed by atoms with Gasteiger partial charge in [-0.15, -0.1) is 10.2 Å². The first-order valence-corrected chi connectivity index (χ1v) is 6.21. The summed E-state index contributed by atoms with van der Waals surface area (Å²) in [6.07, 6.45) is 0. The van der Waals surface area contributed by atoms with E-state index in [1.165, 1.54) is 11.1 Å². The molecule has 3 aromatic rings. The summed E-state index contributed by atoms with van der Waals surface area (Å²) in [6.45, 7) is 2.79. The van der Waals surface area contributed by atoms with Gasteiger partial charge in [0.05, 0.1) is 5.52 Å². The number of hydrogen-bond acceptors (Lipinski definition) is 4. The Morgan fingerprint density at radius 3 is 2.47 bits per heavy atom. The van der Waals surface area contributed by atoms with Gasteiger partial charge in [-0.05, 0) is 30.2 Å². The summed E-state index contributed by atoms with van der Waals surface area (Å²) < 4.78 is 0. The molecule has 0 fully saturated rings. The number of aryl methyl sites for hydroxylation is 1. The zero-order valence-electron chi connectivity index (χ0n) is 10.7. The fraction of sp³-hybridized carbons (Fsp3) is 0.133. The van der Waals surface area contributed by atoms with Gasteiger partial charge < -0.3 is 5.32 Å². The number of para-hydroxylation sites is 1. The zero-order chi connectivity index (χ0) is 13.1. The highest BCUT2D eigenvalue weighted by atomic mass is 15.2. The molecule has 0 amide bonds. The second kappa shape index (κ2) is 5.02. The van der Waals surface area contributed by atoms with E-state index in [1.807, 2.05) is 36.4 Å². The predicted octanol–water partition coefficient (Wildman–Crippen LogP) is 2.95. The average molecular weight is 250 g/mol. The molecule has 0 bridgehead atoms. The Morgan fingerprint density at radius 2 is 1.63 bits per heavy atom. The van der Waals surface area contributed by atoms with Gasteiger partial charge in [-0.3, -0.25) is 0 Å². The fourth-order valence-electron chi connectivity index (χ4n) is 1.94. The van der Waals surface area contributed by atoms with E-state index < -0.39 is 0 Å². The Morgan fingerprint density at radius 1 is 0.895 bits per heavy atom. The van der Waals surface area contributed by atoms with E-state index in [4.69, 9.17) is 0 Å². The Balaban J connectivity index is 1.80. The molecule has 19 heavy (non-hydrogen) atoms. The van der Waals surface area contributed by atoms with Crippen LogP contribution < -0.4 is 5.32 Å². The minimum absolute atomic E-state index is 0.557. The fourth-order valence-corrected chi connectivity index (χ4v) is 1.94. The number of aromatic nitrogens is 3. The van der Waals surface area contributed by atoms with E-state index in [-0.39, 0.29) is 0 Å². The molecule has 1 heterocycles. The summed E-state index contributed by atoms with van der Waals surface area (Å²) in [4.78, 5) is 4.44. The maximum atomic E-state index is 4.44. The van der Waals surface area contributed by atoms with Gasteiger partial charge in [-0.25, -0.2) is 4.98 Å². The molecule has 1 aromatic heterocycles. The third kappa shape index (κ3) is 2.52. The van der Waals surface area contributed by atoms with E-state index >= 15 is 0 Å². The molecule has 1 N–H and O–H groups in total. The van der Waals surface area contributed by atoms with Crippen molar-refractivity contribution in [2.75, 3.05) is 5.32 Å². The van der Waals surface area contributed by atoms with Crippen LogP contribution in [-0.4, -0.2) is 15.2 Å². The van der Waals surface area contributed by atoms with E-state index in [1.54, 1.807) is 0 Å². The molecule has 2 aromatic carbocycles. The first-order valence-electron chi connectivity index (χ1n) is 6.21. The molecule has 0 aliphatic carbocycles. The third-order valence-electron chi connectivity index (χ3n) is 3.06. The molecule has 0 saturated heterocycles. The van der Waals surface area contributed by atoms with Crippen molar-refractivity contribution in [3.63, 3.8) is 0 Å². The first kappa shape index (κ1) is 11.6. The Bertz CT molecular complexity index is 709. The molecule has 0 atom stereocenters. The van der Waals surface area contributed by atoms with Crippen LogP contribution in [0, 0.1) is 6.92 Å². The second-order valence-corrected chi connectivity index (χ2v) is 4.40. The third-order valence-corrected chi connectivity index (χ3v) is 3.06. The Hall–Kier alpha value is -2.49. The van der Waals surface area contributed by atoms with Crippen molar-refractivity contribution < 1.29 is 0 Å². The number of fused-ring (bicyclic) bond motifs is 1. The summed E-state index contributed by atoms with van der Waals surface area (Å²) in [5.74, 6) is 0.557. The molecule has 0 radical (unpaired) electrons. The highest BCUT2D eigenvalue weighted by Gasteiger charge is 2.01. The normalized spacial score (nSPS) is 10.6. The topological polar surface area (TPSA) is 50.7 Å². The van der Waals surface area contributed by atoms with E-state index in [0.29, 0.717) is 12.5 Å². The number of hydrogen-bond donors (Lipinski definition) is 1. The Labute approximate surface area is 111 Å². The SMILES string of the molecule is Cc1ccccc1CNc1nnc2ccccc2n1. The second-order valence-electron chi connectivity index (χ2n) is 4.40. The monoisotopic (exact) mass is 250 g/mol. The lowest BCUT2D eigenvalue weighted by molar-refractivity contribution is 0.980. The summed E-state index contributed by atoms with van der Waals surface area (Å²) in [6, 6.07) is 16.0. The van der Waals surface area contributed by atoms with E-state index in [0.717, 1.165) is 11.0 Å². The first-order chi connectivity index (χ1) is 9.33. The summed E-state index contributed by atoms with van der Waals surface area (Å²) >= 11 is 0. The van der Waals surface area contributed by atoms with Gasteiger partial charge in [-0.1, -0.05) is 36.4 Å². The number of nitrogens with zero attached hydrogens (tertiary/aromatic N) is 3. The smallest absolute Gasteiger partial charge is 0.243 e. The molecular weight excluding hydrogens is 236 g/mol. The van der Waals surface area contributed by atoms with Gasteiger partial charge in [0.15, 0.2) is 0 Å². The highest BCUT2D eigenvalue weighted by molar-refractivity contribution is 5.74. The highest BCUT2D eigenvalue weighted by Crippen LogP contribution is 2.11. The molecule has 0 aliphatic rings. The molecule has 0 spiro atoms. The minimum atomic E-state index is 0.557. The average Bonchev–Trinajstić information content (AvgIpc) is 2.46. The lowest BCUT2D eigenvalue weighted by atomic mass is 10.1. The molecule has 94 valence electrons. The largest absolute Gasteiger partial charge is 0.349 e. The summed E-state index contributed by atoms with van der Waals surface area (Å²) in [5.41, 5.74) is 4.15. The van der Waals surface area contributed by atoms with Crippen LogP contribution in [0.2, 0.25) is 0 Å². The van der Waals surface area contributed by atoms with Crippen LogP contribution in [-0.2, 0) is 6.54 Å². The van der Waals surface area contributed by atoms with Crippen molar-refractivity contribution >= 4 is 17.0 Å². The maximum absolute atomic E-state index is 4.44. The van der Waals surface area contributed by atoms with Crippen LogP contribution in [0.1, 0.15) is 11.1 Å². The van der Waals surface area contributed by atoms with Crippen LogP contribution in [0.4, 0.5) is 5.95 Å². The van der Waals surface area contributed by atoms with Crippen LogP contribution in [0.15, 0.2) is 48.5 Å². The standard InChI is InChI=1S/C15H14N4/c1-11-6-2-3-7-12(11)10-16-15-17-13-8-4-5-9-14(13)18-19-15/h2-9H,10H2,1H3,(H,16,17,19).